The molecule has 0 bridgehead atoms. The first-order valence-electron chi connectivity index (χ1n) is 7.78. The number of nitrogens with one attached hydrogen (secondary N) is 2. The predicted molar refractivity (Wildman–Crippen MR) is 91.7 cm³/mol. The number of carbonyl (C=O) groups excluding carboxylic acids is 1. The lowest BCUT2D eigenvalue weighted by Crippen LogP contribution is -2.13. The average Bonchev–Trinajstić information content (AvgIpc) is 3.18. The molecule has 0 saturated heterocycles. The monoisotopic (exact) mass is 315 g/mol. The summed E-state index contributed by atoms with van der Waals surface area (Å²) in [6.45, 7) is 2.94. The molecule has 1 saturated carbocycles. The van der Waals surface area contributed by atoms with Crippen LogP contribution < -0.4 is 10.6 Å². The Morgan fingerprint density at radius 2 is 1.91 bits per heavy atom. The van der Waals surface area contributed by atoms with E-state index in [9.17, 15) is 4.79 Å². The maximum Gasteiger partial charge on any atom is 0.275 e. The van der Waals surface area contributed by atoms with Crippen molar-refractivity contribution < 1.29 is 4.79 Å². The zero-order valence-corrected chi connectivity index (χ0v) is 13.6. The van der Waals surface area contributed by atoms with E-state index in [0.29, 0.717) is 5.69 Å². The number of hydrogen-bond acceptors (Lipinski definition) is 4. The van der Waals surface area contributed by atoms with Gasteiger partial charge in [-0.1, -0.05) is 12.8 Å². The lowest BCUT2D eigenvalue weighted by Gasteiger charge is -2.12. The van der Waals surface area contributed by atoms with Crippen LogP contribution in [0.4, 0.5) is 11.4 Å². The molecule has 1 heterocycles. The van der Waals surface area contributed by atoms with Crippen molar-refractivity contribution in [2.45, 2.75) is 32.6 Å². The van der Waals surface area contributed by atoms with Crippen LogP contribution in [0.2, 0.25) is 0 Å². The molecule has 1 fully saturated rings. The Labute approximate surface area is 135 Å². The number of aryl methyl sites for hydroxylation is 1. The number of anilines is 2. The molecule has 5 heteroatoms. The Hall–Kier alpha value is -1.88. The van der Waals surface area contributed by atoms with Gasteiger partial charge in [0.25, 0.3) is 5.91 Å². The van der Waals surface area contributed by atoms with Crippen LogP contribution in [0.25, 0.3) is 0 Å². The van der Waals surface area contributed by atoms with Gasteiger partial charge in [-0.05, 0) is 49.9 Å². The van der Waals surface area contributed by atoms with Crippen LogP contribution in [0.3, 0.4) is 0 Å². The van der Waals surface area contributed by atoms with E-state index in [4.69, 9.17) is 0 Å². The normalized spacial score (nSPS) is 15.0. The summed E-state index contributed by atoms with van der Waals surface area (Å²) in [5.41, 5.74) is 2.38. The molecule has 22 heavy (non-hydrogen) atoms. The third-order valence-corrected chi connectivity index (χ3v) is 4.84. The Morgan fingerprint density at radius 1 is 1.23 bits per heavy atom. The molecular weight excluding hydrogens is 294 g/mol. The largest absolute Gasteiger partial charge is 0.385 e. The number of carbonyl (C=O) groups is 1. The number of thiazole rings is 1. The molecule has 1 aliphatic carbocycles. The lowest BCUT2D eigenvalue weighted by atomic mass is 10.1. The molecule has 116 valence electrons. The van der Waals surface area contributed by atoms with Gasteiger partial charge in [-0.15, -0.1) is 11.3 Å². The molecule has 1 aromatic carbocycles. The van der Waals surface area contributed by atoms with E-state index in [0.717, 1.165) is 28.8 Å². The number of amides is 1. The van der Waals surface area contributed by atoms with Gasteiger partial charge in [0.15, 0.2) is 0 Å². The van der Waals surface area contributed by atoms with Gasteiger partial charge in [-0.2, -0.15) is 0 Å². The molecule has 0 spiro atoms. The molecule has 0 aliphatic heterocycles. The fraction of sp³-hybridized carbons (Fsp3) is 0.412. The summed E-state index contributed by atoms with van der Waals surface area (Å²) < 4.78 is 0. The highest BCUT2D eigenvalue weighted by Crippen LogP contribution is 2.25. The highest BCUT2D eigenvalue weighted by atomic mass is 32.1. The quantitative estimate of drug-likeness (QED) is 0.864. The molecule has 0 radical (unpaired) electrons. The first-order valence-corrected chi connectivity index (χ1v) is 8.66. The van der Waals surface area contributed by atoms with Crippen LogP contribution >= 0.6 is 11.3 Å². The fourth-order valence-electron chi connectivity index (χ4n) is 2.81. The third kappa shape index (κ3) is 3.85. The van der Waals surface area contributed by atoms with Crippen molar-refractivity contribution in [1.29, 1.82) is 0 Å². The summed E-state index contributed by atoms with van der Waals surface area (Å²) in [6, 6.07) is 7.87. The summed E-state index contributed by atoms with van der Waals surface area (Å²) in [5, 5.41) is 9.03. The first kappa shape index (κ1) is 15.0. The average molecular weight is 315 g/mol. The lowest BCUT2D eigenvalue weighted by molar-refractivity contribution is 0.102. The van der Waals surface area contributed by atoms with Crippen LogP contribution in [0, 0.1) is 12.8 Å². The molecule has 3 rings (SSSR count). The molecule has 2 N–H and O–H groups in total. The van der Waals surface area contributed by atoms with Gasteiger partial charge < -0.3 is 10.6 Å². The molecule has 2 aromatic rings. The molecule has 1 amide bonds. The van der Waals surface area contributed by atoms with Gasteiger partial charge in [-0.25, -0.2) is 4.98 Å². The van der Waals surface area contributed by atoms with Gasteiger partial charge in [0.2, 0.25) is 0 Å². The van der Waals surface area contributed by atoms with Crippen LogP contribution in [0.1, 0.15) is 41.2 Å². The van der Waals surface area contributed by atoms with Crippen molar-refractivity contribution in [3.63, 3.8) is 0 Å². The second-order valence-corrected chi connectivity index (χ2v) is 6.88. The van der Waals surface area contributed by atoms with Crippen molar-refractivity contribution in [3.8, 4) is 0 Å². The van der Waals surface area contributed by atoms with E-state index >= 15 is 0 Å². The Balaban J connectivity index is 1.53. The van der Waals surface area contributed by atoms with E-state index in [1.807, 2.05) is 31.2 Å². The van der Waals surface area contributed by atoms with Crippen molar-refractivity contribution in [2.24, 2.45) is 5.92 Å². The van der Waals surface area contributed by atoms with Gasteiger partial charge in [0, 0.05) is 23.3 Å². The summed E-state index contributed by atoms with van der Waals surface area (Å²) in [7, 11) is 0. The standard InChI is InChI=1S/C17H21N3OS/c1-12-19-16(11-22-12)17(21)20-15-8-6-14(7-9-15)18-10-13-4-2-3-5-13/h6-9,11,13,18H,2-5,10H2,1H3,(H,20,21). The van der Waals surface area contributed by atoms with Crippen LogP contribution in [0.5, 0.6) is 0 Å². The van der Waals surface area contributed by atoms with E-state index in [1.165, 1.54) is 37.0 Å². The van der Waals surface area contributed by atoms with E-state index in [2.05, 4.69) is 15.6 Å². The highest BCUT2D eigenvalue weighted by molar-refractivity contribution is 7.09. The van der Waals surface area contributed by atoms with Crippen molar-refractivity contribution in [1.82, 2.24) is 4.98 Å². The predicted octanol–water partition coefficient (Wildman–Crippen LogP) is 4.31. The molecule has 0 unspecified atom stereocenters. The van der Waals surface area contributed by atoms with Crippen molar-refractivity contribution >= 4 is 28.6 Å². The number of nitrogens with zero attached hydrogens (tertiary/aromatic N) is 1. The fourth-order valence-corrected chi connectivity index (χ4v) is 3.40. The SMILES string of the molecule is Cc1nc(C(=O)Nc2ccc(NCC3CCCC3)cc2)cs1. The molecular formula is C17H21N3OS. The Bertz CT molecular complexity index is 630. The van der Waals surface area contributed by atoms with Gasteiger partial charge in [0.1, 0.15) is 5.69 Å². The Morgan fingerprint density at radius 3 is 2.55 bits per heavy atom. The number of aromatic nitrogens is 1. The van der Waals surface area contributed by atoms with Gasteiger partial charge >= 0.3 is 0 Å². The highest BCUT2D eigenvalue weighted by Gasteiger charge is 2.14. The van der Waals surface area contributed by atoms with Crippen LogP contribution in [0.15, 0.2) is 29.6 Å². The van der Waals surface area contributed by atoms with Gasteiger partial charge in [-0.3, -0.25) is 4.79 Å². The van der Waals surface area contributed by atoms with E-state index < -0.39 is 0 Å². The third-order valence-electron chi connectivity index (χ3n) is 4.06. The zero-order valence-electron chi connectivity index (χ0n) is 12.8. The van der Waals surface area contributed by atoms with Crippen LogP contribution in [-0.2, 0) is 0 Å². The minimum Gasteiger partial charge on any atom is -0.385 e. The Kier molecular flexibility index (Phi) is 4.73. The van der Waals surface area contributed by atoms with Crippen molar-refractivity contribution in [3.05, 3.63) is 40.3 Å². The number of rotatable bonds is 5. The number of hydrogen-bond donors (Lipinski definition) is 2. The number of benzene rings is 1. The smallest absolute Gasteiger partial charge is 0.275 e. The van der Waals surface area contributed by atoms with Gasteiger partial charge in [0.05, 0.1) is 5.01 Å². The maximum absolute atomic E-state index is 12.0. The molecule has 0 atom stereocenters. The van der Waals surface area contributed by atoms with E-state index in [1.54, 1.807) is 5.38 Å². The summed E-state index contributed by atoms with van der Waals surface area (Å²) >= 11 is 1.48. The summed E-state index contributed by atoms with van der Waals surface area (Å²) in [5.74, 6) is 0.656. The second kappa shape index (κ2) is 6.92. The minimum absolute atomic E-state index is 0.156. The zero-order chi connectivity index (χ0) is 15.4. The van der Waals surface area contributed by atoms with Crippen LogP contribution in [-0.4, -0.2) is 17.4 Å². The summed E-state index contributed by atoms with van der Waals surface area (Å²) in [6.07, 6.45) is 5.42. The second-order valence-electron chi connectivity index (χ2n) is 5.81. The topological polar surface area (TPSA) is 54.0 Å². The molecule has 1 aliphatic rings. The maximum atomic E-state index is 12.0. The van der Waals surface area contributed by atoms with Crippen molar-refractivity contribution in [2.75, 3.05) is 17.2 Å². The van der Waals surface area contributed by atoms with E-state index in [-0.39, 0.29) is 5.91 Å². The first-order chi connectivity index (χ1) is 10.7. The molecule has 4 nitrogen and oxygen atoms in total. The minimum atomic E-state index is -0.156. The molecule has 1 aromatic heterocycles. The summed E-state index contributed by atoms with van der Waals surface area (Å²) in [4.78, 5) is 16.2.